The van der Waals surface area contributed by atoms with Crippen LogP contribution in [0.2, 0.25) is 0 Å². The Labute approximate surface area is 130 Å². The second-order valence-corrected chi connectivity index (χ2v) is 6.57. The molecule has 2 N–H and O–H groups in total. The van der Waals surface area contributed by atoms with E-state index in [1.807, 2.05) is 0 Å². The van der Waals surface area contributed by atoms with E-state index in [1.165, 1.54) is 5.56 Å². The van der Waals surface area contributed by atoms with Crippen molar-refractivity contribution in [3.8, 4) is 0 Å². The molecule has 2 heterocycles. The van der Waals surface area contributed by atoms with Gasteiger partial charge < -0.3 is 10.6 Å². The van der Waals surface area contributed by atoms with Crippen molar-refractivity contribution < 1.29 is 0 Å². The molecular weight excluding hydrogens is 286 g/mol. The van der Waals surface area contributed by atoms with Gasteiger partial charge in [0.15, 0.2) is 5.11 Å². The average molecular weight is 305 g/mol. The normalized spacial score (nSPS) is 34.1. The van der Waals surface area contributed by atoms with Gasteiger partial charge in [-0.15, -0.1) is 0 Å². The number of hydrogen-bond donors (Lipinski definition) is 2. The van der Waals surface area contributed by atoms with Crippen LogP contribution in [-0.2, 0) is 0 Å². The van der Waals surface area contributed by atoms with Gasteiger partial charge in [-0.25, -0.2) is 0 Å². The smallest absolute Gasteiger partial charge is 0.172 e. The molecule has 0 aromatic heterocycles. The molecule has 1 spiro atoms. The molecule has 106 valence electrons. The minimum atomic E-state index is -0.195. The average Bonchev–Trinajstić information content (AvgIpc) is 2.72. The van der Waals surface area contributed by atoms with Crippen molar-refractivity contribution in [1.82, 2.24) is 15.5 Å². The van der Waals surface area contributed by atoms with Crippen molar-refractivity contribution in [3.63, 3.8) is 0 Å². The lowest BCUT2D eigenvalue weighted by atomic mass is 9.72. The summed E-state index contributed by atoms with van der Waals surface area (Å²) in [6.07, 6.45) is 0.986. The number of nitrogens with zero attached hydrogens (tertiary/aromatic N) is 1. The minimum Gasteiger partial charge on any atom is -0.350 e. The van der Waals surface area contributed by atoms with Gasteiger partial charge in [-0.1, -0.05) is 49.5 Å². The third kappa shape index (κ3) is 2.05. The molecule has 3 atom stereocenters. The fourth-order valence-electron chi connectivity index (χ4n) is 3.57. The summed E-state index contributed by atoms with van der Waals surface area (Å²) >= 11 is 10.8. The Hall–Kier alpha value is -1.04. The Kier molecular flexibility index (Phi) is 3.52. The number of hydrogen-bond acceptors (Lipinski definition) is 3. The second kappa shape index (κ2) is 5.06. The molecule has 20 heavy (non-hydrogen) atoms. The van der Waals surface area contributed by atoms with Crippen LogP contribution in [-0.4, -0.2) is 34.1 Å². The highest BCUT2D eigenvalue weighted by Crippen LogP contribution is 2.42. The van der Waals surface area contributed by atoms with Crippen LogP contribution in [0.1, 0.15) is 24.9 Å². The predicted molar refractivity (Wildman–Crippen MR) is 89.8 cm³/mol. The molecule has 0 saturated carbocycles. The predicted octanol–water partition coefficient (Wildman–Crippen LogP) is 2.24. The van der Waals surface area contributed by atoms with Gasteiger partial charge in [-0.2, -0.15) is 0 Å². The molecule has 5 heteroatoms. The maximum absolute atomic E-state index is 5.57. The first-order valence-electron chi connectivity index (χ1n) is 6.93. The summed E-state index contributed by atoms with van der Waals surface area (Å²) in [5, 5.41) is 7.23. The fourth-order valence-corrected chi connectivity index (χ4v) is 4.36. The zero-order valence-electron chi connectivity index (χ0n) is 11.7. The maximum atomic E-state index is 5.57. The standard InChI is InChI=1S/C15H19N3S2/c1-10-12(11-6-4-3-5-7-11)18(2)9-8-15(10)13(19)16-14(20)17-15/h3-7,10,12H,8-9H2,1-2H3,(H2,16,17,19,20)/t10-,12+,15-/m1/s1. The van der Waals surface area contributed by atoms with E-state index in [9.17, 15) is 0 Å². The largest absolute Gasteiger partial charge is 0.350 e. The SMILES string of the molecule is C[C@@H]1[C@@H](c2ccccc2)N(C)CC[C@@]12NC(=S)NC2=S. The van der Waals surface area contributed by atoms with E-state index in [0.717, 1.165) is 18.0 Å². The van der Waals surface area contributed by atoms with Crippen molar-refractivity contribution in [3.05, 3.63) is 35.9 Å². The quantitative estimate of drug-likeness (QED) is 0.776. The highest BCUT2D eigenvalue weighted by molar-refractivity contribution is 7.82. The molecule has 3 rings (SSSR count). The minimum absolute atomic E-state index is 0.195. The second-order valence-electron chi connectivity index (χ2n) is 5.75. The van der Waals surface area contributed by atoms with Crippen molar-refractivity contribution in [1.29, 1.82) is 0 Å². The van der Waals surface area contributed by atoms with Gasteiger partial charge in [0.2, 0.25) is 0 Å². The van der Waals surface area contributed by atoms with Gasteiger partial charge in [-0.3, -0.25) is 4.90 Å². The van der Waals surface area contributed by atoms with Gasteiger partial charge in [0.05, 0.1) is 5.54 Å². The molecule has 1 aromatic rings. The van der Waals surface area contributed by atoms with Gasteiger partial charge in [0.25, 0.3) is 0 Å². The van der Waals surface area contributed by atoms with Gasteiger partial charge in [0.1, 0.15) is 4.99 Å². The van der Waals surface area contributed by atoms with E-state index in [4.69, 9.17) is 24.4 Å². The van der Waals surface area contributed by atoms with Crippen molar-refractivity contribution in [2.24, 2.45) is 5.92 Å². The van der Waals surface area contributed by atoms with Crippen LogP contribution in [0.25, 0.3) is 0 Å². The summed E-state index contributed by atoms with van der Waals surface area (Å²) < 4.78 is 0. The van der Waals surface area contributed by atoms with Gasteiger partial charge >= 0.3 is 0 Å². The van der Waals surface area contributed by atoms with Crippen LogP contribution < -0.4 is 10.6 Å². The molecule has 2 aliphatic rings. The maximum Gasteiger partial charge on any atom is 0.172 e. The van der Waals surface area contributed by atoms with E-state index >= 15 is 0 Å². The van der Waals surface area contributed by atoms with Crippen molar-refractivity contribution in [2.45, 2.75) is 24.9 Å². The number of rotatable bonds is 1. The molecule has 3 nitrogen and oxygen atoms in total. The van der Waals surface area contributed by atoms with E-state index < -0.39 is 0 Å². The van der Waals surface area contributed by atoms with Crippen LogP contribution in [0.4, 0.5) is 0 Å². The zero-order valence-corrected chi connectivity index (χ0v) is 13.4. The molecule has 0 bridgehead atoms. The van der Waals surface area contributed by atoms with E-state index in [0.29, 0.717) is 17.1 Å². The van der Waals surface area contributed by atoms with Crippen LogP contribution in [0.5, 0.6) is 0 Å². The van der Waals surface area contributed by atoms with E-state index in [1.54, 1.807) is 0 Å². The summed E-state index contributed by atoms with van der Waals surface area (Å²) in [4.78, 5) is 3.26. The Morgan fingerprint density at radius 2 is 1.95 bits per heavy atom. The molecule has 0 radical (unpaired) electrons. The fraction of sp³-hybridized carbons (Fsp3) is 0.467. The molecule has 2 saturated heterocycles. The zero-order chi connectivity index (χ0) is 14.3. The Bertz CT molecular complexity index is 545. The van der Waals surface area contributed by atoms with E-state index in [-0.39, 0.29) is 5.54 Å². The Morgan fingerprint density at radius 3 is 2.55 bits per heavy atom. The van der Waals surface area contributed by atoms with Gasteiger partial charge in [0, 0.05) is 18.5 Å². The van der Waals surface area contributed by atoms with Crippen LogP contribution >= 0.6 is 24.4 Å². The number of thiocarbonyl (C=S) groups is 2. The molecule has 1 aromatic carbocycles. The van der Waals surface area contributed by atoms with Crippen LogP contribution in [0.3, 0.4) is 0 Å². The number of piperidine rings is 1. The lowest BCUT2D eigenvalue weighted by Crippen LogP contribution is -2.60. The van der Waals surface area contributed by atoms with Crippen molar-refractivity contribution >= 4 is 34.5 Å². The van der Waals surface area contributed by atoms with Crippen LogP contribution in [0, 0.1) is 5.92 Å². The number of nitrogens with one attached hydrogen (secondary N) is 2. The van der Waals surface area contributed by atoms with Crippen molar-refractivity contribution in [2.75, 3.05) is 13.6 Å². The molecule has 0 aliphatic carbocycles. The van der Waals surface area contributed by atoms with Crippen LogP contribution in [0.15, 0.2) is 30.3 Å². The highest BCUT2D eigenvalue weighted by Gasteiger charge is 2.52. The molecule has 0 amide bonds. The lowest BCUT2D eigenvalue weighted by Gasteiger charge is -2.48. The Morgan fingerprint density at radius 1 is 1.25 bits per heavy atom. The third-order valence-corrected chi connectivity index (χ3v) is 5.37. The summed E-state index contributed by atoms with van der Waals surface area (Å²) in [6.45, 7) is 3.27. The molecule has 2 aliphatic heterocycles. The first-order chi connectivity index (χ1) is 9.54. The lowest BCUT2D eigenvalue weighted by molar-refractivity contribution is 0.0838. The monoisotopic (exact) mass is 305 g/mol. The first-order valence-corrected chi connectivity index (χ1v) is 7.75. The molecule has 2 fully saturated rings. The molecular formula is C15H19N3S2. The highest BCUT2D eigenvalue weighted by atomic mass is 32.1. The summed E-state index contributed by atoms with van der Waals surface area (Å²) in [7, 11) is 2.19. The summed E-state index contributed by atoms with van der Waals surface area (Å²) in [6, 6.07) is 11.0. The van der Waals surface area contributed by atoms with E-state index in [2.05, 4.69) is 59.8 Å². The van der Waals surface area contributed by atoms with Gasteiger partial charge in [-0.05, 0) is 31.2 Å². The third-order valence-electron chi connectivity index (χ3n) is 4.69. The topological polar surface area (TPSA) is 27.3 Å². The summed E-state index contributed by atoms with van der Waals surface area (Å²) in [5.74, 6) is 0.351. The first kappa shape index (κ1) is 13.9. The number of benzene rings is 1. The number of likely N-dealkylation sites (tertiary alicyclic amines) is 1. The molecule has 0 unspecified atom stereocenters. The Balaban J connectivity index is 1.99. The summed E-state index contributed by atoms with van der Waals surface area (Å²) in [5.41, 5.74) is 1.14.